The molecule has 2 aliphatic rings. The maximum Gasteiger partial charge on any atom is 0.230 e. The van der Waals surface area contributed by atoms with Gasteiger partial charge in [-0.05, 0) is 48.1 Å². The van der Waals surface area contributed by atoms with Gasteiger partial charge in [-0.2, -0.15) is 0 Å². The van der Waals surface area contributed by atoms with Crippen LogP contribution in [0.2, 0.25) is 0 Å². The minimum Gasteiger partial charge on any atom is -0.341 e. The van der Waals surface area contributed by atoms with Gasteiger partial charge in [-0.3, -0.25) is 14.7 Å². The Labute approximate surface area is 149 Å². The zero-order chi connectivity index (χ0) is 17.1. The SMILES string of the molecule is O=C([C@H]1CCc2ccccc21)N1CCCN(Cc2ccncc2)CC1. The lowest BCUT2D eigenvalue weighted by Gasteiger charge is -2.25. The maximum atomic E-state index is 13.1. The third-order valence-corrected chi connectivity index (χ3v) is 5.49. The van der Waals surface area contributed by atoms with E-state index in [9.17, 15) is 4.79 Å². The number of nitrogens with zero attached hydrogens (tertiary/aromatic N) is 3. The molecule has 1 saturated heterocycles. The Balaban J connectivity index is 1.39. The van der Waals surface area contributed by atoms with E-state index < -0.39 is 0 Å². The van der Waals surface area contributed by atoms with Crippen LogP contribution in [-0.2, 0) is 17.8 Å². The molecule has 0 N–H and O–H groups in total. The highest BCUT2D eigenvalue weighted by Gasteiger charge is 2.32. The molecule has 2 aromatic rings. The predicted molar refractivity (Wildman–Crippen MR) is 98.2 cm³/mol. The number of fused-ring (bicyclic) bond motifs is 1. The lowest BCUT2D eigenvalue weighted by molar-refractivity contribution is -0.132. The minimum absolute atomic E-state index is 0.0722. The van der Waals surface area contributed by atoms with E-state index in [0.29, 0.717) is 5.91 Å². The van der Waals surface area contributed by atoms with Gasteiger partial charge in [0.25, 0.3) is 0 Å². The van der Waals surface area contributed by atoms with Crippen LogP contribution in [0.3, 0.4) is 0 Å². The molecule has 1 aliphatic carbocycles. The number of benzene rings is 1. The van der Waals surface area contributed by atoms with E-state index >= 15 is 0 Å². The fourth-order valence-electron chi connectivity index (χ4n) is 4.13. The zero-order valence-electron chi connectivity index (χ0n) is 14.6. The summed E-state index contributed by atoms with van der Waals surface area (Å²) in [7, 11) is 0. The first kappa shape index (κ1) is 16.3. The van der Waals surface area contributed by atoms with E-state index in [-0.39, 0.29) is 5.92 Å². The van der Waals surface area contributed by atoms with Crippen LogP contribution in [0, 0.1) is 0 Å². The number of amides is 1. The molecule has 1 fully saturated rings. The lowest BCUT2D eigenvalue weighted by Crippen LogP contribution is -2.37. The molecule has 4 nitrogen and oxygen atoms in total. The average Bonchev–Trinajstić information content (AvgIpc) is 2.95. The van der Waals surface area contributed by atoms with Crippen molar-refractivity contribution >= 4 is 5.91 Å². The number of carbonyl (C=O) groups is 1. The second kappa shape index (κ2) is 7.36. The van der Waals surface area contributed by atoms with Crippen molar-refractivity contribution in [3.63, 3.8) is 0 Å². The van der Waals surface area contributed by atoms with Crippen LogP contribution in [0.25, 0.3) is 0 Å². The van der Waals surface area contributed by atoms with Crippen LogP contribution in [0.15, 0.2) is 48.8 Å². The van der Waals surface area contributed by atoms with Crippen molar-refractivity contribution in [2.75, 3.05) is 26.2 Å². The molecule has 4 heteroatoms. The van der Waals surface area contributed by atoms with Gasteiger partial charge in [0.2, 0.25) is 5.91 Å². The van der Waals surface area contributed by atoms with Crippen LogP contribution in [0.1, 0.15) is 35.4 Å². The van der Waals surface area contributed by atoms with E-state index in [2.05, 4.69) is 51.2 Å². The van der Waals surface area contributed by atoms with Crippen molar-refractivity contribution < 1.29 is 4.79 Å². The van der Waals surface area contributed by atoms with Gasteiger partial charge in [-0.25, -0.2) is 0 Å². The molecule has 1 atom stereocenters. The molecule has 2 heterocycles. The summed E-state index contributed by atoms with van der Waals surface area (Å²) in [5.74, 6) is 0.402. The molecule has 1 aliphatic heterocycles. The van der Waals surface area contributed by atoms with Crippen LogP contribution in [-0.4, -0.2) is 46.9 Å². The summed E-state index contributed by atoms with van der Waals surface area (Å²) in [4.78, 5) is 21.7. The van der Waals surface area contributed by atoms with Crippen LogP contribution >= 0.6 is 0 Å². The molecule has 25 heavy (non-hydrogen) atoms. The standard InChI is InChI=1S/C21H25N3O/c25-21(20-7-6-18-4-1-2-5-19(18)20)24-13-3-12-23(14-15-24)16-17-8-10-22-11-9-17/h1-2,4-5,8-11,20H,3,6-7,12-16H2/t20-/m0/s1. The smallest absolute Gasteiger partial charge is 0.230 e. The Bertz CT molecular complexity index is 731. The molecule has 0 bridgehead atoms. The first-order valence-corrected chi connectivity index (χ1v) is 9.29. The van der Waals surface area contributed by atoms with E-state index in [1.807, 2.05) is 12.4 Å². The second-order valence-electron chi connectivity index (χ2n) is 7.10. The highest BCUT2D eigenvalue weighted by atomic mass is 16.2. The zero-order valence-corrected chi connectivity index (χ0v) is 14.6. The van der Waals surface area contributed by atoms with Gasteiger partial charge in [-0.15, -0.1) is 0 Å². The fraction of sp³-hybridized carbons (Fsp3) is 0.429. The van der Waals surface area contributed by atoms with E-state index in [1.165, 1.54) is 16.7 Å². The molecular formula is C21H25N3O. The van der Waals surface area contributed by atoms with Gasteiger partial charge >= 0.3 is 0 Å². The van der Waals surface area contributed by atoms with Gasteiger partial charge in [0.1, 0.15) is 0 Å². The molecule has 1 aromatic heterocycles. The van der Waals surface area contributed by atoms with E-state index in [4.69, 9.17) is 0 Å². The number of hydrogen-bond donors (Lipinski definition) is 0. The molecule has 1 aromatic carbocycles. The highest BCUT2D eigenvalue weighted by Crippen LogP contribution is 2.34. The van der Waals surface area contributed by atoms with Gasteiger partial charge in [0, 0.05) is 45.1 Å². The van der Waals surface area contributed by atoms with Crippen LogP contribution in [0.5, 0.6) is 0 Å². The third kappa shape index (κ3) is 3.59. The molecule has 0 unspecified atom stereocenters. The van der Waals surface area contributed by atoms with Gasteiger partial charge in [0.15, 0.2) is 0 Å². The number of aromatic nitrogens is 1. The van der Waals surface area contributed by atoms with E-state index in [0.717, 1.165) is 52.0 Å². The topological polar surface area (TPSA) is 36.4 Å². The lowest BCUT2D eigenvalue weighted by atomic mass is 10.00. The molecular weight excluding hydrogens is 310 g/mol. The van der Waals surface area contributed by atoms with Crippen LogP contribution in [0.4, 0.5) is 0 Å². The largest absolute Gasteiger partial charge is 0.341 e. The van der Waals surface area contributed by atoms with Crippen molar-refractivity contribution in [3.05, 3.63) is 65.5 Å². The van der Waals surface area contributed by atoms with Crippen molar-refractivity contribution in [1.29, 1.82) is 0 Å². The molecule has 0 saturated carbocycles. The van der Waals surface area contributed by atoms with Crippen molar-refractivity contribution in [3.8, 4) is 0 Å². The van der Waals surface area contributed by atoms with Crippen molar-refractivity contribution in [2.24, 2.45) is 0 Å². The summed E-state index contributed by atoms with van der Waals surface area (Å²) in [6, 6.07) is 12.6. The quantitative estimate of drug-likeness (QED) is 0.865. The van der Waals surface area contributed by atoms with Gasteiger partial charge in [-0.1, -0.05) is 24.3 Å². The number of carbonyl (C=O) groups excluding carboxylic acids is 1. The Morgan fingerprint density at radius 1 is 1.04 bits per heavy atom. The van der Waals surface area contributed by atoms with Gasteiger partial charge < -0.3 is 4.90 Å². The summed E-state index contributed by atoms with van der Waals surface area (Å²) < 4.78 is 0. The Morgan fingerprint density at radius 2 is 1.88 bits per heavy atom. The molecule has 0 radical (unpaired) electrons. The highest BCUT2D eigenvalue weighted by molar-refractivity contribution is 5.85. The van der Waals surface area contributed by atoms with Crippen LogP contribution < -0.4 is 0 Å². The average molecular weight is 335 g/mol. The summed E-state index contributed by atoms with van der Waals surface area (Å²) >= 11 is 0. The summed E-state index contributed by atoms with van der Waals surface area (Å²) in [6.45, 7) is 4.65. The number of pyridine rings is 1. The third-order valence-electron chi connectivity index (χ3n) is 5.49. The number of hydrogen-bond acceptors (Lipinski definition) is 3. The normalized spacial score (nSPS) is 21.0. The van der Waals surface area contributed by atoms with Crippen molar-refractivity contribution in [2.45, 2.75) is 31.7 Å². The Kier molecular flexibility index (Phi) is 4.79. The molecule has 0 spiro atoms. The van der Waals surface area contributed by atoms with Crippen molar-refractivity contribution in [1.82, 2.24) is 14.8 Å². The summed E-state index contributed by atoms with van der Waals surface area (Å²) in [5, 5.41) is 0. The summed E-state index contributed by atoms with van der Waals surface area (Å²) in [5.41, 5.74) is 3.90. The molecule has 130 valence electrons. The minimum atomic E-state index is 0.0722. The predicted octanol–water partition coefficient (Wildman–Crippen LogP) is 2.85. The number of aryl methyl sites for hydroxylation is 1. The molecule has 4 rings (SSSR count). The molecule has 1 amide bonds. The first-order valence-electron chi connectivity index (χ1n) is 9.29. The number of rotatable bonds is 3. The monoisotopic (exact) mass is 335 g/mol. The first-order chi connectivity index (χ1) is 12.3. The summed E-state index contributed by atoms with van der Waals surface area (Å²) in [6.07, 6.45) is 6.75. The Hall–Kier alpha value is -2.20. The van der Waals surface area contributed by atoms with Gasteiger partial charge in [0.05, 0.1) is 5.92 Å². The Morgan fingerprint density at radius 3 is 2.76 bits per heavy atom. The fourth-order valence-corrected chi connectivity index (χ4v) is 4.13. The second-order valence-corrected chi connectivity index (χ2v) is 7.10. The van der Waals surface area contributed by atoms with E-state index in [1.54, 1.807) is 0 Å². The maximum absolute atomic E-state index is 13.1.